The summed E-state index contributed by atoms with van der Waals surface area (Å²) in [7, 11) is 0. The van der Waals surface area contributed by atoms with Crippen LogP contribution in [0.25, 0.3) is 9.40 Å². The minimum absolute atomic E-state index is 0.0669. The van der Waals surface area contributed by atoms with Gasteiger partial charge < -0.3 is 16.2 Å². The van der Waals surface area contributed by atoms with Gasteiger partial charge in [0, 0.05) is 22.7 Å². The van der Waals surface area contributed by atoms with Crippen LogP contribution in [0.2, 0.25) is 4.34 Å². The number of thioether (sulfide) groups is 2. The molecule has 0 spiro atoms. The summed E-state index contributed by atoms with van der Waals surface area (Å²) in [5.41, 5.74) is 6.54. The summed E-state index contributed by atoms with van der Waals surface area (Å²) >= 11 is 12.9. The number of carboxylic acids is 1. The number of nitrogens with one attached hydrogen (secondary N) is 1. The largest absolute Gasteiger partial charge is 0.477 e. The number of β-lactam (4-membered cyclic amide) rings is 1. The summed E-state index contributed by atoms with van der Waals surface area (Å²) < 4.78 is 2.03. The first kappa shape index (κ1) is 26.5. The number of halogens is 1. The predicted octanol–water partition coefficient (Wildman–Crippen LogP) is 4.08. The SMILES string of the molecule is NCc1c(SC=CC2=C(C(=O)O)N3C(=O)C(NC(=O)Cc4cccs4)[C@@H]3SC2)sc2sc(Cl)cc2c1=O. The molecular formula is C23H18ClN3O5S5. The summed E-state index contributed by atoms with van der Waals surface area (Å²) in [5.74, 6) is -1.59. The number of carboxylic acid groups (broad SMARTS) is 1. The van der Waals surface area contributed by atoms with Gasteiger partial charge >= 0.3 is 5.97 Å². The van der Waals surface area contributed by atoms with Crippen LogP contribution < -0.4 is 16.5 Å². The van der Waals surface area contributed by atoms with Crippen LogP contribution in [0.5, 0.6) is 0 Å². The molecule has 5 rings (SSSR count). The molecule has 1 fully saturated rings. The average Bonchev–Trinajstić information content (AvgIpc) is 3.51. The summed E-state index contributed by atoms with van der Waals surface area (Å²) in [4.78, 5) is 52.3. The highest BCUT2D eigenvalue weighted by Crippen LogP contribution is 2.42. The van der Waals surface area contributed by atoms with E-state index in [-0.39, 0.29) is 30.0 Å². The van der Waals surface area contributed by atoms with Crippen molar-refractivity contribution in [3.8, 4) is 0 Å². The number of allylic oxidation sites excluding steroid dienone is 1. The number of hydrogen-bond acceptors (Lipinski definition) is 10. The second-order valence-corrected chi connectivity index (χ2v) is 14.2. The molecule has 0 saturated carbocycles. The lowest BCUT2D eigenvalue weighted by atomic mass is 10.0. The highest BCUT2D eigenvalue weighted by molar-refractivity contribution is 8.04. The molecule has 4 N–H and O–H groups in total. The monoisotopic (exact) mass is 611 g/mol. The fraction of sp³-hybridized carbons (Fsp3) is 0.217. The van der Waals surface area contributed by atoms with Crippen molar-refractivity contribution in [1.29, 1.82) is 0 Å². The minimum atomic E-state index is -1.21. The highest BCUT2D eigenvalue weighted by Gasteiger charge is 2.53. The van der Waals surface area contributed by atoms with Gasteiger partial charge in [-0.05, 0) is 34.6 Å². The smallest absolute Gasteiger partial charge is 0.352 e. The average molecular weight is 612 g/mol. The molecule has 14 heteroatoms. The van der Waals surface area contributed by atoms with E-state index in [9.17, 15) is 24.3 Å². The van der Waals surface area contributed by atoms with E-state index in [1.54, 1.807) is 17.6 Å². The molecule has 2 atom stereocenters. The molecule has 1 unspecified atom stereocenters. The first-order chi connectivity index (χ1) is 17.8. The molecule has 8 nitrogen and oxygen atoms in total. The lowest BCUT2D eigenvalue weighted by molar-refractivity contribution is -0.150. The molecule has 192 valence electrons. The Kier molecular flexibility index (Phi) is 7.82. The van der Waals surface area contributed by atoms with Crippen molar-refractivity contribution < 1.29 is 19.5 Å². The van der Waals surface area contributed by atoms with Crippen LogP contribution >= 0.6 is 69.1 Å². The normalized spacial score (nSPS) is 19.4. The zero-order valence-electron chi connectivity index (χ0n) is 18.8. The van der Waals surface area contributed by atoms with E-state index in [4.69, 9.17) is 17.3 Å². The Hall–Kier alpha value is -2.13. The molecule has 2 amide bonds. The number of rotatable bonds is 8. The molecule has 5 heterocycles. The standard InChI is InChI=1S/C23H18ClN3O5S5/c24-14-7-12-18(29)13(8-25)22(37-23(12)36-14)34-5-3-10-9-35-20-16(19(30)27(20)17(10)21(31)32)26-15(28)6-11-2-1-4-33-11/h1-5,7,16,20H,6,8-9,25H2,(H,26,28)(H,31,32)/t16?,20-/m0/s1. The van der Waals surface area contributed by atoms with E-state index < -0.39 is 23.3 Å². The summed E-state index contributed by atoms with van der Waals surface area (Å²) in [6, 6.07) is 4.58. The number of hydrogen-bond donors (Lipinski definition) is 3. The first-order valence-electron chi connectivity index (χ1n) is 10.8. The van der Waals surface area contributed by atoms with Crippen LogP contribution in [0.15, 0.2) is 55.3 Å². The molecule has 37 heavy (non-hydrogen) atoms. The number of nitrogens with zero attached hydrogens (tertiary/aromatic N) is 1. The number of amides is 2. The number of thiophene rings is 2. The molecule has 2 aliphatic heterocycles. The third-order valence-corrected chi connectivity index (χ3v) is 11.5. The molecule has 0 radical (unpaired) electrons. The van der Waals surface area contributed by atoms with Gasteiger partial charge in [0.15, 0.2) is 5.43 Å². The van der Waals surface area contributed by atoms with Crippen molar-refractivity contribution in [2.45, 2.75) is 28.6 Å². The summed E-state index contributed by atoms with van der Waals surface area (Å²) in [5, 5.41) is 16.3. The van der Waals surface area contributed by atoms with Crippen molar-refractivity contribution in [2.24, 2.45) is 5.73 Å². The molecular weight excluding hydrogens is 594 g/mol. The molecule has 3 aromatic rings. The highest BCUT2D eigenvalue weighted by atomic mass is 35.5. The second kappa shape index (κ2) is 10.9. The van der Waals surface area contributed by atoms with Crippen LogP contribution in [0.4, 0.5) is 0 Å². The molecule has 0 aliphatic carbocycles. The van der Waals surface area contributed by atoms with Crippen molar-refractivity contribution in [3.05, 3.63) is 71.3 Å². The van der Waals surface area contributed by atoms with Crippen molar-refractivity contribution in [1.82, 2.24) is 10.2 Å². The number of carbonyl (C=O) groups is 3. The van der Waals surface area contributed by atoms with Crippen LogP contribution in [-0.4, -0.2) is 45.0 Å². The maximum atomic E-state index is 12.9. The van der Waals surface area contributed by atoms with Crippen LogP contribution in [0.3, 0.4) is 0 Å². The Labute approximate surface area is 236 Å². The van der Waals surface area contributed by atoms with Crippen molar-refractivity contribution in [2.75, 3.05) is 5.75 Å². The fourth-order valence-corrected chi connectivity index (χ4v) is 9.97. The van der Waals surface area contributed by atoms with E-state index in [0.717, 1.165) is 8.89 Å². The van der Waals surface area contributed by atoms with Gasteiger partial charge in [-0.2, -0.15) is 0 Å². The lowest BCUT2D eigenvalue weighted by Crippen LogP contribution is -2.70. The lowest BCUT2D eigenvalue weighted by Gasteiger charge is -2.49. The van der Waals surface area contributed by atoms with E-state index in [1.807, 2.05) is 17.5 Å². The maximum Gasteiger partial charge on any atom is 0.352 e. The Morgan fingerprint density at radius 1 is 1.32 bits per heavy atom. The van der Waals surface area contributed by atoms with Gasteiger partial charge in [0.2, 0.25) is 5.91 Å². The zero-order chi connectivity index (χ0) is 26.3. The number of carbonyl (C=O) groups excluding carboxylic acids is 2. The molecule has 2 aliphatic rings. The second-order valence-electron chi connectivity index (χ2n) is 7.96. The summed E-state index contributed by atoms with van der Waals surface area (Å²) in [6.45, 7) is 0.0669. The Morgan fingerprint density at radius 3 is 2.84 bits per heavy atom. The van der Waals surface area contributed by atoms with E-state index in [2.05, 4.69) is 5.32 Å². The number of nitrogens with two attached hydrogens (primary N) is 1. The number of fused-ring (bicyclic) bond motifs is 2. The number of aliphatic carboxylic acids is 1. The van der Waals surface area contributed by atoms with Crippen molar-refractivity contribution in [3.63, 3.8) is 0 Å². The molecule has 3 aromatic heterocycles. The van der Waals surface area contributed by atoms with Gasteiger partial charge in [-0.1, -0.05) is 29.4 Å². The van der Waals surface area contributed by atoms with Crippen LogP contribution in [0.1, 0.15) is 10.4 Å². The fourth-order valence-electron chi connectivity index (χ4n) is 4.00. The van der Waals surface area contributed by atoms with Crippen molar-refractivity contribution >= 4 is 96.3 Å². The molecule has 0 bridgehead atoms. The van der Waals surface area contributed by atoms with Gasteiger partial charge in [-0.3, -0.25) is 19.3 Å². The van der Waals surface area contributed by atoms with Crippen LogP contribution in [-0.2, 0) is 27.3 Å². The quantitative estimate of drug-likeness (QED) is 0.257. The Balaban J connectivity index is 1.33. The van der Waals surface area contributed by atoms with E-state index in [0.29, 0.717) is 30.8 Å². The zero-order valence-corrected chi connectivity index (χ0v) is 23.6. The van der Waals surface area contributed by atoms with Gasteiger partial charge in [-0.15, -0.1) is 45.8 Å². The van der Waals surface area contributed by atoms with Gasteiger partial charge in [0.25, 0.3) is 5.91 Å². The maximum absolute atomic E-state index is 12.9. The third kappa shape index (κ3) is 5.13. The Bertz CT molecular complexity index is 1530. The van der Waals surface area contributed by atoms with E-state index in [1.165, 1.54) is 62.4 Å². The predicted molar refractivity (Wildman–Crippen MR) is 152 cm³/mol. The molecule has 0 aromatic carbocycles. The minimum Gasteiger partial charge on any atom is -0.477 e. The Morgan fingerprint density at radius 2 is 2.14 bits per heavy atom. The van der Waals surface area contributed by atoms with Gasteiger partial charge in [0.05, 0.1) is 24.4 Å². The molecule has 1 saturated heterocycles. The summed E-state index contributed by atoms with van der Waals surface area (Å²) in [6.07, 6.45) is 1.82. The first-order valence-corrected chi connectivity index (χ1v) is 15.6. The van der Waals surface area contributed by atoms with E-state index >= 15 is 0 Å². The van der Waals surface area contributed by atoms with Gasteiger partial charge in [-0.25, -0.2) is 4.79 Å². The third-order valence-electron chi connectivity index (χ3n) is 5.70. The van der Waals surface area contributed by atoms with Crippen LogP contribution in [0, 0.1) is 0 Å². The topological polar surface area (TPSA) is 130 Å². The van der Waals surface area contributed by atoms with Gasteiger partial charge in [0.1, 0.15) is 17.1 Å².